The SMILES string of the molecule is CN=C(NCC(C)N1CCOCC1C)N1CCC(N2CCOCC2)C1.I. The summed E-state index contributed by atoms with van der Waals surface area (Å²) in [5.41, 5.74) is 0. The van der Waals surface area contributed by atoms with Crippen LogP contribution in [-0.2, 0) is 9.47 Å². The number of ether oxygens (including phenoxy) is 2. The molecule has 8 heteroatoms. The Hall–Kier alpha value is -0.160. The minimum atomic E-state index is 0. The van der Waals surface area contributed by atoms with Crippen LogP contribution in [0.15, 0.2) is 4.99 Å². The Labute approximate surface area is 175 Å². The van der Waals surface area contributed by atoms with Crippen LogP contribution in [0, 0.1) is 0 Å². The topological polar surface area (TPSA) is 52.6 Å². The molecule has 26 heavy (non-hydrogen) atoms. The molecule has 0 aromatic heterocycles. The van der Waals surface area contributed by atoms with Crippen molar-refractivity contribution in [1.29, 1.82) is 0 Å². The highest BCUT2D eigenvalue weighted by Crippen LogP contribution is 2.17. The summed E-state index contributed by atoms with van der Waals surface area (Å²) in [5.74, 6) is 1.04. The monoisotopic (exact) mass is 481 g/mol. The van der Waals surface area contributed by atoms with E-state index in [9.17, 15) is 0 Å². The number of nitrogens with zero attached hydrogens (tertiary/aromatic N) is 4. The van der Waals surface area contributed by atoms with Gasteiger partial charge in [0.25, 0.3) is 0 Å². The van der Waals surface area contributed by atoms with Crippen LogP contribution in [0.3, 0.4) is 0 Å². The van der Waals surface area contributed by atoms with Crippen LogP contribution in [0.25, 0.3) is 0 Å². The van der Waals surface area contributed by atoms with E-state index in [0.717, 1.165) is 71.7 Å². The molecule has 0 saturated carbocycles. The Bertz CT molecular complexity index is 447. The van der Waals surface area contributed by atoms with Crippen LogP contribution >= 0.6 is 24.0 Å². The minimum Gasteiger partial charge on any atom is -0.379 e. The molecule has 0 amide bonds. The molecule has 0 bridgehead atoms. The number of guanidine groups is 1. The second-order valence-electron chi connectivity index (χ2n) is 7.48. The first-order chi connectivity index (χ1) is 12.2. The van der Waals surface area contributed by atoms with Gasteiger partial charge in [-0.05, 0) is 20.3 Å². The Morgan fingerprint density at radius 3 is 2.58 bits per heavy atom. The van der Waals surface area contributed by atoms with E-state index in [4.69, 9.17) is 9.47 Å². The lowest BCUT2D eigenvalue weighted by Crippen LogP contribution is -2.53. The smallest absolute Gasteiger partial charge is 0.193 e. The maximum atomic E-state index is 5.55. The Morgan fingerprint density at radius 2 is 1.88 bits per heavy atom. The number of hydrogen-bond donors (Lipinski definition) is 1. The van der Waals surface area contributed by atoms with E-state index in [0.29, 0.717) is 18.1 Å². The molecule has 7 nitrogen and oxygen atoms in total. The lowest BCUT2D eigenvalue weighted by molar-refractivity contribution is -0.0175. The summed E-state index contributed by atoms with van der Waals surface area (Å²) in [7, 11) is 1.90. The number of morpholine rings is 2. The molecule has 3 aliphatic heterocycles. The molecule has 0 aliphatic carbocycles. The van der Waals surface area contributed by atoms with Gasteiger partial charge in [-0.15, -0.1) is 24.0 Å². The summed E-state index contributed by atoms with van der Waals surface area (Å²) >= 11 is 0. The number of rotatable bonds is 4. The third-order valence-corrected chi connectivity index (χ3v) is 5.78. The van der Waals surface area contributed by atoms with Gasteiger partial charge in [0.1, 0.15) is 0 Å². The van der Waals surface area contributed by atoms with Crippen molar-refractivity contribution < 1.29 is 9.47 Å². The highest BCUT2D eigenvalue weighted by molar-refractivity contribution is 14.0. The van der Waals surface area contributed by atoms with Gasteiger partial charge in [0, 0.05) is 64.4 Å². The summed E-state index contributed by atoms with van der Waals surface area (Å²) in [6, 6.07) is 1.61. The summed E-state index contributed by atoms with van der Waals surface area (Å²) in [5, 5.41) is 3.60. The molecule has 3 saturated heterocycles. The van der Waals surface area contributed by atoms with Crippen LogP contribution in [0.4, 0.5) is 0 Å². The van der Waals surface area contributed by atoms with Gasteiger partial charge in [-0.2, -0.15) is 0 Å². The molecular weight excluding hydrogens is 445 g/mol. The molecule has 3 atom stereocenters. The highest BCUT2D eigenvalue weighted by Gasteiger charge is 2.30. The molecular formula is C18H36IN5O2. The number of hydrogen-bond acceptors (Lipinski definition) is 5. The van der Waals surface area contributed by atoms with Crippen LogP contribution in [0.1, 0.15) is 20.3 Å². The predicted octanol–water partition coefficient (Wildman–Crippen LogP) is 0.696. The summed E-state index contributed by atoms with van der Waals surface area (Å²) in [6.45, 7) is 14.2. The van der Waals surface area contributed by atoms with Crippen molar-refractivity contribution >= 4 is 29.9 Å². The Balaban J connectivity index is 0.00000243. The third-order valence-electron chi connectivity index (χ3n) is 5.78. The van der Waals surface area contributed by atoms with Crippen molar-refractivity contribution in [2.24, 2.45) is 4.99 Å². The van der Waals surface area contributed by atoms with E-state index in [-0.39, 0.29) is 24.0 Å². The standard InChI is InChI=1S/C18H35N5O2.HI/c1-15(23-8-11-25-14-16(23)2)12-20-18(19-3)22-5-4-17(13-22)21-6-9-24-10-7-21;/h15-17H,4-14H2,1-3H3,(H,19,20);1H. The molecule has 3 fully saturated rings. The van der Waals surface area contributed by atoms with Gasteiger partial charge in [-0.25, -0.2) is 0 Å². The number of halogens is 1. The van der Waals surface area contributed by atoms with Gasteiger partial charge in [0.15, 0.2) is 5.96 Å². The van der Waals surface area contributed by atoms with Crippen molar-refractivity contribution in [3.05, 3.63) is 0 Å². The van der Waals surface area contributed by atoms with Gasteiger partial charge in [-0.3, -0.25) is 14.8 Å². The van der Waals surface area contributed by atoms with Crippen molar-refractivity contribution in [3.8, 4) is 0 Å². The quantitative estimate of drug-likeness (QED) is 0.363. The second-order valence-corrected chi connectivity index (χ2v) is 7.48. The highest BCUT2D eigenvalue weighted by atomic mass is 127. The second kappa shape index (κ2) is 11.0. The molecule has 152 valence electrons. The van der Waals surface area contributed by atoms with E-state index >= 15 is 0 Å². The first-order valence-electron chi connectivity index (χ1n) is 9.80. The molecule has 0 radical (unpaired) electrons. The van der Waals surface area contributed by atoms with Crippen molar-refractivity contribution in [3.63, 3.8) is 0 Å². The van der Waals surface area contributed by atoms with Crippen LogP contribution in [0.5, 0.6) is 0 Å². The lowest BCUT2D eigenvalue weighted by Gasteiger charge is -2.38. The van der Waals surface area contributed by atoms with Gasteiger partial charge in [-0.1, -0.05) is 0 Å². The maximum Gasteiger partial charge on any atom is 0.193 e. The number of likely N-dealkylation sites (tertiary alicyclic amines) is 1. The Kier molecular flexibility index (Phi) is 9.36. The maximum absolute atomic E-state index is 5.55. The fourth-order valence-corrected chi connectivity index (χ4v) is 4.26. The fraction of sp³-hybridized carbons (Fsp3) is 0.944. The normalized spacial score (nSPS) is 30.1. The molecule has 3 heterocycles. The largest absolute Gasteiger partial charge is 0.379 e. The predicted molar refractivity (Wildman–Crippen MR) is 116 cm³/mol. The van der Waals surface area contributed by atoms with Crippen molar-refractivity contribution in [1.82, 2.24) is 20.0 Å². The minimum absolute atomic E-state index is 0. The average Bonchev–Trinajstić information content (AvgIpc) is 3.13. The molecule has 3 unspecified atom stereocenters. The molecule has 3 aliphatic rings. The molecule has 3 rings (SSSR count). The van der Waals surface area contributed by atoms with Crippen molar-refractivity contribution in [2.75, 3.05) is 72.7 Å². The van der Waals surface area contributed by atoms with E-state index < -0.39 is 0 Å². The van der Waals surface area contributed by atoms with Crippen molar-refractivity contribution in [2.45, 2.75) is 38.4 Å². The molecule has 0 aromatic carbocycles. The first kappa shape index (κ1) is 22.1. The first-order valence-corrected chi connectivity index (χ1v) is 9.80. The van der Waals surface area contributed by atoms with Gasteiger partial charge >= 0.3 is 0 Å². The zero-order chi connectivity index (χ0) is 17.6. The van der Waals surface area contributed by atoms with E-state index in [2.05, 4.69) is 38.9 Å². The van der Waals surface area contributed by atoms with Crippen LogP contribution < -0.4 is 5.32 Å². The lowest BCUT2D eigenvalue weighted by atomic mass is 10.2. The van der Waals surface area contributed by atoms with E-state index in [1.807, 2.05) is 7.05 Å². The van der Waals surface area contributed by atoms with Crippen LogP contribution in [-0.4, -0.2) is 112 Å². The van der Waals surface area contributed by atoms with Gasteiger partial charge < -0.3 is 19.7 Å². The zero-order valence-electron chi connectivity index (χ0n) is 16.5. The van der Waals surface area contributed by atoms with E-state index in [1.54, 1.807) is 0 Å². The number of aliphatic imine (C=N–C) groups is 1. The molecule has 1 N–H and O–H groups in total. The van der Waals surface area contributed by atoms with Gasteiger partial charge in [0.2, 0.25) is 0 Å². The molecule has 0 spiro atoms. The van der Waals surface area contributed by atoms with E-state index in [1.165, 1.54) is 6.42 Å². The van der Waals surface area contributed by atoms with Gasteiger partial charge in [0.05, 0.1) is 26.4 Å². The third kappa shape index (κ3) is 5.67. The zero-order valence-corrected chi connectivity index (χ0v) is 18.9. The number of nitrogens with one attached hydrogen (secondary N) is 1. The summed E-state index contributed by atoms with van der Waals surface area (Å²) in [6.07, 6.45) is 1.22. The average molecular weight is 481 g/mol. The fourth-order valence-electron chi connectivity index (χ4n) is 4.26. The summed E-state index contributed by atoms with van der Waals surface area (Å²) < 4.78 is 11.0. The van der Waals surface area contributed by atoms with Crippen LogP contribution in [0.2, 0.25) is 0 Å². The summed E-state index contributed by atoms with van der Waals surface area (Å²) in [4.78, 5) is 12.1. The molecule has 0 aromatic rings. The Morgan fingerprint density at radius 1 is 1.15 bits per heavy atom.